The van der Waals surface area contributed by atoms with Gasteiger partial charge >= 0.3 is 11.9 Å². The summed E-state index contributed by atoms with van der Waals surface area (Å²) in [5.74, 6) is -0.606. The van der Waals surface area contributed by atoms with Crippen LogP contribution in [0.25, 0.3) is 0 Å². The summed E-state index contributed by atoms with van der Waals surface area (Å²) in [6.07, 6.45) is 102. The van der Waals surface area contributed by atoms with E-state index in [2.05, 4.69) is 172 Å². The maximum absolute atomic E-state index is 12.3. The zero-order valence-electron chi connectivity index (χ0n) is 50.4. The summed E-state index contributed by atoms with van der Waals surface area (Å²) in [7, 11) is 0. The largest absolute Gasteiger partial charge is 0.462 e. The molecule has 1 N–H and O–H groups in total. The number of hydrogen-bond donors (Lipinski definition) is 1. The van der Waals surface area contributed by atoms with Crippen molar-refractivity contribution >= 4 is 11.9 Å². The van der Waals surface area contributed by atoms with Crippen LogP contribution in [0.15, 0.2) is 158 Å². The van der Waals surface area contributed by atoms with Crippen molar-refractivity contribution in [2.24, 2.45) is 0 Å². The predicted molar refractivity (Wildman–Crippen MR) is 343 cm³/mol. The van der Waals surface area contributed by atoms with Gasteiger partial charge in [-0.05, 0) is 122 Å². The van der Waals surface area contributed by atoms with Gasteiger partial charge in [-0.3, -0.25) is 9.59 Å². The van der Waals surface area contributed by atoms with E-state index in [0.717, 1.165) is 128 Å². The van der Waals surface area contributed by atoms with Crippen LogP contribution >= 0.6 is 0 Å². The molecule has 0 aliphatic carbocycles. The van der Waals surface area contributed by atoms with Crippen LogP contribution < -0.4 is 0 Å². The third-order valence-corrected chi connectivity index (χ3v) is 13.3. The van der Waals surface area contributed by atoms with Crippen molar-refractivity contribution in [3.05, 3.63) is 158 Å². The summed E-state index contributed by atoms with van der Waals surface area (Å²) >= 11 is 0. The number of carbonyl (C=O) groups excluding carboxylic acids is 2. The summed E-state index contributed by atoms with van der Waals surface area (Å²) in [4.78, 5) is 24.6. The fourth-order valence-electron chi connectivity index (χ4n) is 8.60. The van der Waals surface area contributed by atoms with Gasteiger partial charge in [-0.15, -0.1) is 0 Å². The lowest BCUT2D eigenvalue weighted by Gasteiger charge is -2.15. The molecular formula is C73H118O5. The molecule has 0 heterocycles. The van der Waals surface area contributed by atoms with E-state index in [4.69, 9.17) is 9.47 Å². The number of rotatable bonds is 57. The molecular weight excluding hydrogens is 957 g/mol. The van der Waals surface area contributed by atoms with Gasteiger partial charge in [0.1, 0.15) is 6.61 Å². The topological polar surface area (TPSA) is 72.8 Å². The Hall–Kier alpha value is -4.48. The molecule has 0 radical (unpaired) electrons. The maximum atomic E-state index is 12.3. The van der Waals surface area contributed by atoms with Crippen LogP contribution in [0, 0.1) is 0 Å². The normalized spacial score (nSPS) is 13.3. The van der Waals surface area contributed by atoms with E-state index >= 15 is 0 Å². The third-order valence-electron chi connectivity index (χ3n) is 13.3. The van der Waals surface area contributed by atoms with Gasteiger partial charge in [0.25, 0.3) is 0 Å². The Morgan fingerprint density at radius 3 is 0.769 bits per heavy atom. The lowest BCUT2D eigenvalue weighted by Crippen LogP contribution is -2.28. The first-order valence-corrected chi connectivity index (χ1v) is 32.0. The van der Waals surface area contributed by atoms with E-state index in [-0.39, 0.29) is 25.2 Å². The molecule has 440 valence electrons. The van der Waals surface area contributed by atoms with Gasteiger partial charge in [0.05, 0.1) is 6.61 Å². The fraction of sp³-hybridized carbons (Fsp3) is 0.616. The lowest BCUT2D eigenvalue weighted by atomic mass is 10.0. The summed E-state index contributed by atoms with van der Waals surface area (Å²) in [6.45, 7) is 3.91. The molecule has 0 spiro atoms. The van der Waals surface area contributed by atoms with Crippen LogP contribution in [0.4, 0.5) is 0 Å². The van der Waals surface area contributed by atoms with Gasteiger partial charge in [0.15, 0.2) is 6.10 Å². The standard InChI is InChI=1S/C73H118O5/c1-3-5-7-9-11-13-15-17-19-21-23-25-27-28-29-30-31-32-33-34-35-36-37-38-39-40-41-42-43-44-46-48-50-52-54-56-58-60-62-64-66-68-73(76)78-71(69-74)70-77-72(75)67-65-63-61-59-57-55-53-51-49-47-45-26-24-22-20-18-16-14-12-10-8-6-4-2/h5-8,11-14,17-20,23-26,28-29,31-32,34-35,37-38,47,49,71,74H,3-4,9-10,15-16,21-22,27,30,33,36,39-46,48,50-70H2,1-2H3/b7-5-,8-6-,13-11-,14-12-,19-17-,20-18-,25-23-,26-24-,29-28-,32-31-,35-34-,38-37-,49-47-. The molecule has 0 rings (SSSR count). The predicted octanol–water partition coefficient (Wildman–Crippen LogP) is 22.3. The van der Waals surface area contributed by atoms with Crippen molar-refractivity contribution < 1.29 is 24.2 Å². The molecule has 0 aliphatic heterocycles. The first-order chi connectivity index (χ1) is 38.6. The van der Waals surface area contributed by atoms with Crippen LogP contribution in [0.5, 0.6) is 0 Å². The minimum atomic E-state index is -0.788. The van der Waals surface area contributed by atoms with Crippen molar-refractivity contribution in [2.75, 3.05) is 13.2 Å². The summed E-state index contributed by atoms with van der Waals surface area (Å²) in [5.41, 5.74) is 0. The summed E-state index contributed by atoms with van der Waals surface area (Å²) in [6, 6.07) is 0. The second-order valence-electron chi connectivity index (χ2n) is 20.7. The van der Waals surface area contributed by atoms with E-state index in [1.165, 1.54) is 116 Å². The van der Waals surface area contributed by atoms with Crippen molar-refractivity contribution in [1.29, 1.82) is 0 Å². The van der Waals surface area contributed by atoms with Crippen LogP contribution in [-0.4, -0.2) is 36.4 Å². The molecule has 0 aromatic rings. The van der Waals surface area contributed by atoms with Crippen molar-refractivity contribution in [2.45, 2.75) is 277 Å². The van der Waals surface area contributed by atoms with Crippen LogP contribution in [0.2, 0.25) is 0 Å². The highest BCUT2D eigenvalue weighted by Gasteiger charge is 2.16. The number of aliphatic hydroxyl groups is 1. The molecule has 0 bridgehead atoms. The molecule has 1 unspecified atom stereocenters. The summed E-state index contributed by atoms with van der Waals surface area (Å²) < 4.78 is 10.7. The van der Waals surface area contributed by atoms with E-state index in [0.29, 0.717) is 12.8 Å². The number of hydrogen-bond acceptors (Lipinski definition) is 5. The highest BCUT2D eigenvalue weighted by Crippen LogP contribution is 2.16. The SMILES string of the molecule is CC/C=C\C/C=C\C/C=C\C/C=C\C/C=C\C/C=C\C/C=C\C/C=C\CCCCCCCCCCCCCCCCCCC(=O)OC(CO)COC(=O)CCCCCCCCC/C=C\C/C=C\C/C=C\C/C=C\C/C=C\CC. The number of esters is 2. The Morgan fingerprint density at radius 2 is 0.513 bits per heavy atom. The smallest absolute Gasteiger partial charge is 0.306 e. The molecule has 5 heteroatoms. The number of ether oxygens (including phenoxy) is 2. The zero-order valence-corrected chi connectivity index (χ0v) is 50.4. The van der Waals surface area contributed by atoms with E-state index < -0.39 is 6.10 Å². The van der Waals surface area contributed by atoms with E-state index in [1.54, 1.807) is 0 Å². The van der Waals surface area contributed by atoms with Crippen LogP contribution in [0.1, 0.15) is 271 Å². The molecule has 0 saturated heterocycles. The Morgan fingerprint density at radius 1 is 0.295 bits per heavy atom. The van der Waals surface area contributed by atoms with Crippen LogP contribution in [-0.2, 0) is 19.1 Å². The monoisotopic (exact) mass is 1070 g/mol. The molecule has 0 aromatic carbocycles. The van der Waals surface area contributed by atoms with Gasteiger partial charge in [0, 0.05) is 12.8 Å². The second-order valence-corrected chi connectivity index (χ2v) is 20.7. The van der Waals surface area contributed by atoms with Crippen molar-refractivity contribution in [3.63, 3.8) is 0 Å². The molecule has 0 aromatic heterocycles. The highest BCUT2D eigenvalue weighted by atomic mass is 16.6. The number of unbranched alkanes of at least 4 members (excludes halogenated alkanes) is 23. The molecule has 0 saturated carbocycles. The number of carbonyl (C=O) groups is 2. The molecule has 0 amide bonds. The third kappa shape index (κ3) is 64.0. The van der Waals surface area contributed by atoms with Gasteiger partial charge in [-0.25, -0.2) is 0 Å². The summed E-state index contributed by atoms with van der Waals surface area (Å²) in [5, 5.41) is 9.68. The molecule has 0 fully saturated rings. The van der Waals surface area contributed by atoms with Gasteiger partial charge in [0.2, 0.25) is 0 Å². The Balaban J connectivity index is 3.53. The van der Waals surface area contributed by atoms with Gasteiger partial charge < -0.3 is 14.6 Å². The first-order valence-electron chi connectivity index (χ1n) is 32.0. The van der Waals surface area contributed by atoms with Crippen molar-refractivity contribution in [1.82, 2.24) is 0 Å². The molecule has 78 heavy (non-hydrogen) atoms. The maximum Gasteiger partial charge on any atom is 0.306 e. The Bertz CT molecular complexity index is 1690. The molecule has 0 aliphatic rings. The fourth-order valence-corrected chi connectivity index (χ4v) is 8.60. The van der Waals surface area contributed by atoms with Crippen molar-refractivity contribution in [3.8, 4) is 0 Å². The Kier molecular flexibility index (Phi) is 63.0. The Labute approximate surface area is 481 Å². The van der Waals surface area contributed by atoms with E-state index in [9.17, 15) is 14.7 Å². The zero-order chi connectivity index (χ0) is 56.2. The van der Waals surface area contributed by atoms with Gasteiger partial charge in [-0.2, -0.15) is 0 Å². The number of aliphatic hydroxyl groups excluding tert-OH is 1. The molecule has 1 atom stereocenters. The van der Waals surface area contributed by atoms with Gasteiger partial charge in [-0.1, -0.05) is 294 Å². The van der Waals surface area contributed by atoms with Crippen LogP contribution in [0.3, 0.4) is 0 Å². The average molecular weight is 1080 g/mol. The quantitative estimate of drug-likeness (QED) is 0.0373. The number of allylic oxidation sites excluding steroid dienone is 26. The second kappa shape index (κ2) is 66.8. The minimum absolute atomic E-state index is 0.0786. The first kappa shape index (κ1) is 73.5. The lowest BCUT2D eigenvalue weighted by molar-refractivity contribution is -0.161. The highest BCUT2D eigenvalue weighted by molar-refractivity contribution is 5.70. The minimum Gasteiger partial charge on any atom is -0.462 e. The average Bonchev–Trinajstić information content (AvgIpc) is 3.44. The van der Waals surface area contributed by atoms with E-state index in [1.807, 2.05) is 0 Å². The molecule has 5 nitrogen and oxygen atoms in total.